The Bertz CT molecular complexity index is 5600. The number of aryl methyl sites for hydroxylation is 4. The van der Waals surface area contributed by atoms with Crippen molar-refractivity contribution in [2.45, 2.75) is 146 Å². The summed E-state index contributed by atoms with van der Waals surface area (Å²) in [7, 11) is 3.38. The van der Waals surface area contributed by atoms with Crippen LogP contribution in [0.5, 0.6) is 51.7 Å². The van der Waals surface area contributed by atoms with E-state index in [2.05, 4.69) is 36.6 Å². The number of hydrogen-bond donors (Lipinski definition) is 16. The van der Waals surface area contributed by atoms with Gasteiger partial charge in [-0.15, -0.1) is 0 Å². The topological polar surface area (TPSA) is 459 Å². The maximum Gasteiger partial charge on any atom is 0.257 e. The first-order valence-corrected chi connectivity index (χ1v) is 34.1. The van der Waals surface area contributed by atoms with Crippen LogP contribution in [0.2, 0.25) is 20.1 Å². The van der Waals surface area contributed by atoms with Crippen LogP contribution in [0.25, 0.3) is 54.5 Å². The van der Waals surface area contributed by atoms with Gasteiger partial charge in [-0.2, -0.15) is 0 Å². The summed E-state index contributed by atoms with van der Waals surface area (Å²) >= 11 is 23.7. The van der Waals surface area contributed by atoms with Crippen LogP contribution in [0.3, 0.4) is 0 Å². The van der Waals surface area contributed by atoms with E-state index in [4.69, 9.17) is 46.4 Å². The molecule has 16 N–H and O–H groups in total. The number of aromatic amines is 2. The van der Waals surface area contributed by atoms with E-state index in [1.165, 1.54) is 59.8 Å². The number of pyridine rings is 5. The molecular formula is C74H84Cl4N10O19. The fraction of sp³-hybridized carbons (Fsp3) is 0.324. The highest BCUT2D eigenvalue weighted by Crippen LogP contribution is 2.41. The molecule has 5 aromatic carbocycles. The maximum atomic E-state index is 12.7. The van der Waals surface area contributed by atoms with E-state index >= 15 is 0 Å². The van der Waals surface area contributed by atoms with Crippen molar-refractivity contribution in [3.63, 3.8) is 0 Å². The normalized spacial score (nSPS) is 11.5. The van der Waals surface area contributed by atoms with Crippen molar-refractivity contribution in [3.05, 3.63) is 172 Å². The van der Waals surface area contributed by atoms with E-state index in [0.29, 0.717) is 34.0 Å². The van der Waals surface area contributed by atoms with Gasteiger partial charge in [0.2, 0.25) is 27.1 Å². The van der Waals surface area contributed by atoms with Crippen LogP contribution in [-0.2, 0) is 20.6 Å². The summed E-state index contributed by atoms with van der Waals surface area (Å²) in [5.41, 5.74) is -2.63. The van der Waals surface area contributed by atoms with Crippen LogP contribution in [-0.4, -0.2) is 127 Å². The number of aromatic nitrogens is 5. The van der Waals surface area contributed by atoms with Crippen molar-refractivity contribution in [2.75, 3.05) is 0 Å². The van der Waals surface area contributed by atoms with Gasteiger partial charge in [0.15, 0.2) is 46.0 Å². The molecule has 572 valence electrons. The summed E-state index contributed by atoms with van der Waals surface area (Å²) in [6.07, 6.45) is 6.81. The molecule has 0 radical (unpaired) electrons. The Morgan fingerprint density at radius 3 is 1.22 bits per heavy atom. The van der Waals surface area contributed by atoms with Crippen LogP contribution in [0.1, 0.15) is 161 Å². The molecule has 0 aliphatic rings. The maximum absolute atomic E-state index is 12.7. The van der Waals surface area contributed by atoms with E-state index in [9.17, 15) is 93.9 Å². The summed E-state index contributed by atoms with van der Waals surface area (Å²) in [6, 6.07) is 7.83. The molecule has 0 bridgehead atoms. The first-order valence-electron chi connectivity index (χ1n) is 32.6. The Hall–Kier alpha value is -11.1. The van der Waals surface area contributed by atoms with Gasteiger partial charge < -0.3 is 96.2 Å². The number of phenolic OH excluding ortho intramolecular Hbond substituents is 9. The lowest BCUT2D eigenvalue weighted by atomic mass is 10.1. The molecule has 33 heteroatoms. The van der Waals surface area contributed by atoms with Gasteiger partial charge in [0.25, 0.3) is 29.5 Å². The number of amides is 5. The zero-order valence-corrected chi connectivity index (χ0v) is 64.6. The minimum atomic E-state index is -0.620. The summed E-state index contributed by atoms with van der Waals surface area (Å²) in [5, 5.41) is 99.5. The number of fused-ring (bicyclic) bond motifs is 5. The number of nitrogens with zero attached hydrogens (tertiary/aromatic N) is 3. The van der Waals surface area contributed by atoms with Gasteiger partial charge in [-0.05, 0) is 135 Å². The molecule has 29 nitrogen and oxygen atoms in total. The molecule has 0 atom stereocenters. The summed E-state index contributed by atoms with van der Waals surface area (Å²) in [6.45, 7) is 29.3. The van der Waals surface area contributed by atoms with Gasteiger partial charge in [0.05, 0.1) is 69.6 Å². The standard InChI is InChI=1S/C16H19ClN2O4.C15H17ClN2O4.C15H18N2O3.2C14H15ClN2O4/c1-5-19-7-8(15(23)18-16(2,3)4)13(21)11-9(19)6-10(20)14(22)12(11)17;1-15(2,3)17-14(22)7-6-18(4)8-5-9(19)13(21)11(16)10(8)12(7)20;1-8(2)16-15(20)11-7-17(4)12-5-9(3)13(18)6-10(12)14(11)19;1-14(2,3)17-13(21)6-5-16-7-4-8(18)12(20)10(15)9(7)11(6)19;1-14(2,3)17-13(21)7-5-16-10-6(11(7)19)4-8(18)12(20)9(10)15/h6-7,20,22H,5H2,1-4H3,(H,18,23);5-6,19,21H,1-4H3,(H,17,22);5-8,18H,1-4H3,(H,16,20);2*4-5,18,20H,1-3H3,(H,16,19)(H,17,21). The van der Waals surface area contributed by atoms with Gasteiger partial charge in [-0.1, -0.05) is 46.4 Å². The Morgan fingerprint density at radius 1 is 0.421 bits per heavy atom. The van der Waals surface area contributed by atoms with E-state index in [0.717, 1.165) is 6.07 Å². The summed E-state index contributed by atoms with van der Waals surface area (Å²) in [4.78, 5) is 129. The Balaban J connectivity index is 0.000000209. The minimum absolute atomic E-state index is 0.00498. The molecule has 5 amide bonds. The van der Waals surface area contributed by atoms with Crippen LogP contribution >= 0.6 is 46.4 Å². The highest BCUT2D eigenvalue weighted by molar-refractivity contribution is 6.39. The van der Waals surface area contributed by atoms with E-state index < -0.39 is 119 Å². The number of rotatable bonds is 7. The van der Waals surface area contributed by atoms with Crippen molar-refractivity contribution >= 4 is 130 Å². The van der Waals surface area contributed by atoms with E-state index in [1.54, 1.807) is 119 Å². The average Bonchev–Trinajstić information content (AvgIpc) is 0.777. The third-order valence-electron chi connectivity index (χ3n) is 15.2. The van der Waals surface area contributed by atoms with Gasteiger partial charge in [-0.3, -0.25) is 47.9 Å². The third kappa shape index (κ3) is 19.5. The predicted octanol–water partition coefficient (Wildman–Crippen LogP) is 10.7. The lowest BCUT2D eigenvalue weighted by Gasteiger charge is -2.21. The van der Waals surface area contributed by atoms with E-state index in [1.807, 2.05) is 20.8 Å². The van der Waals surface area contributed by atoms with Crippen LogP contribution < -0.4 is 53.7 Å². The van der Waals surface area contributed by atoms with Crippen molar-refractivity contribution < 1.29 is 69.9 Å². The monoisotopic (exact) mass is 1560 g/mol. The number of aromatic hydroxyl groups is 9. The Labute approximate surface area is 630 Å². The van der Waals surface area contributed by atoms with Gasteiger partial charge in [0, 0.05) is 98.0 Å². The molecule has 0 aliphatic heterocycles. The SMILES string of the molecule is CC(C)(C)NC(=O)c1c[nH]c2c(Cl)c(O)c(O)cc2c1=O.CC(C)(C)NC(=O)c1c[nH]c2cc(O)c(O)c(Cl)c2c1=O.CCn1cc(C(=O)NC(C)(C)C)c(=O)c2c(Cl)c(O)c(O)cc21.Cc1cc2c(cc1O)c(=O)c(C(=O)NC(C)C)cn2C.Cn1cc(C(=O)NC(C)(C)C)c(=O)c2c(Cl)c(O)c(O)cc21. The number of H-pyrrole nitrogens is 2. The zero-order chi connectivity index (χ0) is 81.3. The predicted molar refractivity (Wildman–Crippen MR) is 413 cm³/mol. The molecule has 10 rings (SSSR count). The number of nitrogens with one attached hydrogen (secondary N) is 7. The minimum Gasteiger partial charge on any atom is -0.508 e. The molecule has 0 fully saturated rings. The van der Waals surface area contributed by atoms with Gasteiger partial charge >= 0.3 is 0 Å². The van der Waals surface area contributed by atoms with Gasteiger partial charge in [-0.25, -0.2) is 0 Å². The highest BCUT2D eigenvalue weighted by Gasteiger charge is 2.28. The Morgan fingerprint density at radius 2 is 0.766 bits per heavy atom. The molecule has 0 aliphatic carbocycles. The van der Waals surface area contributed by atoms with Crippen molar-refractivity contribution in [3.8, 4) is 51.7 Å². The number of halogens is 4. The van der Waals surface area contributed by atoms with Crippen molar-refractivity contribution in [1.29, 1.82) is 0 Å². The van der Waals surface area contributed by atoms with Crippen LogP contribution in [0.4, 0.5) is 0 Å². The average molecular weight is 1560 g/mol. The number of phenols is 9. The molecule has 5 heterocycles. The second kappa shape index (κ2) is 32.3. The van der Waals surface area contributed by atoms with E-state index in [-0.39, 0.29) is 97.7 Å². The number of hydrogen-bond acceptors (Lipinski definition) is 19. The third-order valence-corrected chi connectivity index (χ3v) is 16.7. The smallest absolute Gasteiger partial charge is 0.257 e. The summed E-state index contributed by atoms with van der Waals surface area (Å²) in [5.74, 6) is -6.57. The molecule has 107 heavy (non-hydrogen) atoms. The fourth-order valence-corrected chi connectivity index (χ4v) is 11.4. The van der Waals surface area contributed by atoms with Gasteiger partial charge in [0.1, 0.15) is 38.6 Å². The molecule has 10 aromatic rings. The molecule has 5 aromatic heterocycles. The second-order valence-corrected chi connectivity index (χ2v) is 30.7. The molecule has 0 unspecified atom stereocenters. The number of carbonyl (C=O) groups excluding carboxylic acids is 5. The quantitative estimate of drug-likeness (QED) is 0.0659. The first kappa shape index (κ1) is 84.8. The van der Waals surface area contributed by atoms with Crippen molar-refractivity contribution in [2.24, 2.45) is 14.1 Å². The number of carbonyl (C=O) groups is 5. The summed E-state index contributed by atoms with van der Waals surface area (Å²) < 4.78 is 4.84. The highest BCUT2D eigenvalue weighted by atomic mass is 35.5. The Kier molecular flexibility index (Phi) is 25.6. The lowest BCUT2D eigenvalue weighted by Crippen LogP contribution is -2.42. The molecule has 0 saturated heterocycles. The fourth-order valence-electron chi connectivity index (χ4n) is 10.3. The first-order chi connectivity index (χ1) is 49.1. The second-order valence-electron chi connectivity index (χ2n) is 29.2. The number of benzene rings is 5. The van der Waals surface area contributed by atoms with Crippen LogP contribution in [0, 0.1) is 6.92 Å². The largest absolute Gasteiger partial charge is 0.508 e. The molecular weight excluding hydrogens is 1470 g/mol. The lowest BCUT2D eigenvalue weighted by molar-refractivity contribution is 0.0908. The van der Waals surface area contributed by atoms with Crippen LogP contribution in [0.15, 0.2) is 91.4 Å². The zero-order valence-electron chi connectivity index (χ0n) is 61.6. The van der Waals surface area contributed by atoms with Crippen molar-refractivity contribution in [1.82, 2.24) is 50.3 Å². The molecule has 0 spiro atoms. The molecule has 0 saturated carbocycles.